The highest BCUT2D eigenvalue weighted by Gasteiger charge is 2.20. The van der Waals surface area contributed by atoms with Gasteiger partial charge in [-0.1, -0.05) is 31.3 Å². The van der Waals surface area contributed by atoms with E-state index in [1.54, 1.807) is 0 Å². The first-order valence-corrected chi connectivity index (χ1v) is 9.26. The van der Waals surface area contributed by atoms with E-state index in [4.69, 9.17) is 0 Å². The molecule has 10 heteroatoms. The summed E-state index contributed by atoms with van der Waals surface area (Å²) in [5.74, 6) is -0.303. The average Bonchev–Trinajstić information content (AvgIpc) is 3.08. The minimum absolute atomic E-state index is 0.180. The summed E-state index contributed by atoms with van der Waals surface area (Å²) in [6, 6.07) is 8.69. The second-order valence-electron chi connectivity index (χ2n) is 6.26. The average molecular weight is 400 g/mol. The maximum atomic E-state index is 12.5. The molecule has 9 nitrogen and oxygen atoms in total. The quantitative estimate of drug-likeness (QED) is 0.464. The van der Waals surface area contributed by atoms with E-state index in [1.807, 2.05) is 18.2 Å². The van der Waals surface area contributed by atoms with Gasteiger partial charge >= 0.3 is 0 Å². The van der Waals surface area contributed by atoms with Crippen LogP contribution < -0.4 is 5.32 Å². The second kappa shape index (κ2) is 7.69. The third kappa shape index (κ3) is 3.96. The van der Waals surface area contributed by atoms with Gasteiger partial charge in [-0.3, -0.25) is 30.3 Å². The number of hydrogen-bond acceptors (Lipinski definition) is 7. The summed E-state index contributed by atoms with van der Waals surface area (Å²) < 4.78 is 0.901. The van der Waals surface area contributed by atoms with Gasteiger partial charge in [-0.2, -0.15) is 0 Å². The molecule has 1 heterocycles. The van der Waals surface area contributed by atoms with Crippen LogP contribution in [0.3, 0.4) is 0 Å². The zero-order valence-electron chi connectivity index (χ0n) is 15.0. The molecule has 28 heavy (non-hydrogen) atoms. The SMILES string of the molecule is CCC(C)c1ccc2nc(NC(=O)c3cc([N+](=O)[O-])cc([N+](=O)[O-])c3)sc2c1. The van der Waals surface area contributed by atoms with Gasteiger partial charge in [-0.05, 0) is 30.0 Å². The van der Waals surface area contributed by atoms with Gasteiger partial charge in [0.15, 0.2) is 5.13 Å². The Morgan fingerprint density at radius 2 is 1.79 bits per heavy atom. The molecule has 1 amide bonds. The lowest BCUT2D eigenvalue weighted by Crippen LogP contribution is -2.12. The Morgan fingerprint density at radius 3 is 2.36 bits per heavy atom. The molecule has 0 saturated heterocycles. The fourth-order valence-electron chi connectivity index (χ4n) is 2.64. The van der Waals surface area contributed by atoms with E-state index < -0.39 is 27.1 Å². The third-order valence-electron chi connectivity index (χ3n) is 4.40. The fourth-order valence-corrected chi connectivity index (χ4v) is 3.55. The number of rotatable bonds is 6. The smallest absolute Gasteiger partial charge is 0.277 e. The topological polar surface area (TPSA) is 128 Å². The number of aromatic nitrogens is 1. The lowest BCUT2D eigenvalue weighted by molar-refractivity contribution is -0.394. The Morgan fingerprint density at radius 1 is 1.14 bits per heavy atom. The number of non-ortho nitro benzene ring substituents is 2. The van der Waals surface area contributed by atoms with E-state index >= 15 is 0 Å². The van der Waals surface area contributed by atoms with E-state index in [9.17, 15) is 25.0 Å². The molecule has 3 aromatic rings. The van der Waals surface area contributed by atoms with E-state index in [1.165, 1.54) is 16.9 Å². The molecule has 0 saturated carbocycles. The summed E-state index contributed by atoms with van der Waals surface area (Å²) in [4.78, 5) is 37.2. The van der Waals surface area contributed by atoms with Gasteiger partial charge < -0.3 is 0 Å². The Bertz CT molecular complexity index is 1060. The monoisotopic (exact) mass is 400 g/mol. The van der Waals surface area contributed by atoms with Gasteiger partial charge in [0.05, 0.1) is 31.7 Å². The molecule has 0 aliphatic rings. The standard InChI is InChI=1S/C18H16N4O5S/c1-3-10(2)11-4-5-15-16(8-11)28-18(19-15)20-17(23)12-6-13(21(24)25)9-14(7-12)22(26)27/h4-10H,3H2,1-2H3,(H,19,20,23). The largest absolute Gasteiger partial charge is 0.298 e. The molecule has 0 aliphatic heterocycles. The summed E-state index contributed by atoms with van der Waals surface area (Å²) in [7, 11) is 0. The van der Waals surface area contributed by atoms with E-state index in [2.05, 4.69) is 24.1 Å². The Kier molecular flexibility index (Phi) is 5.32. The van der Waals surface area contributed by atoms with Crippen LogP contribution in [0.15, 0.2) is 36.4 Å². The maximum absolute atomic E-state index is 12.5. The third-order valence-corrected chi connectivity index (χ3v) is 5.33. The predicted molar refractivity (Wildman–Crippen MR) is 106 cm³/mol. The van der Waals surface area contributed by atoms with Gasteiger partial charge in [-0.25, -0.2) is 4.98 Å². The van der Waals surface area contributed by atoms with Crippen LogP contribution in [0.4, 0.5) is 16.5 Å². The van der Waals surface area contributed by atoms with Crippen molar-refractivity contribution in [3.63, 3.8) is 0 Å². The van der Waals surface area contributed by atoms with Crippen molar-refractivity contribution in [3.8, 4) is 0 Å². The number of carbonyl (C=O) groups excluding carboxylic acids is 1. The van der Waals surface area contributed by atoms with Crippen molar-refractivity contribution in [2.24, 2.45) is 0 Å². The highest BCUT2D eigenvalue weighted by molar-refractivity contribution is 7.22. The minimum atomic E-state index is -0.780. The second-order valence-corrected chi connectivity index (χ2v) is 7.29. The number of amides is 1. The van der Waals surface area contributed by atoms with Crippen LogP contribution in [0.1, 0.15) is 42.1 Å². The van der Waals surface area contributed by atoms with Gasteiger partial charge in [0.25, 0.3) is 17.3 Å². The lowest BCUT2D eigenvalue weighted by Gasteiger charge is -2.07. The molecule has 0 aliphatic carbocycles. The van der Waals surface area contributed by atoms with Gasteiger partial charge in [0.2, 0.25) is 0 Å². The van der Waals surface area contributed by atoms with Crippen molar-refractivity contribution in [1.29, 1.82) is 0 Å². The Balaban J connectivity index is 1.90. The van der Waals surface area contributed by atoms with E-state index in [0.717, 1.165) is 34.8 Å². The first-order valence-electron chi connectivity index (χ1n) is 8.44. The normalized spacial score (nSPS) is 11.9. The number of fused-ring (bicyclic) bond motifs is 1. The van der Waals surface area contributed by atoms with Crippen molar-refractivity contribution < 1.29 is 14.6 Å². The molecule has 1 unspecified atom stereocenters. The lowest BCUT2D eigenvalue weighted by atomic mass is 9.99. The van der Waals surface area contributed by atoms with Crippen molar-refractivity contribution in [2.75, 3.05) is 5.32 Å². The summed E-state index contributed by atoms with van der Waals surface area (Å²) in [5.41, 5.74) is 0.660. The van der Waals surface area contributed by atoms with Gasteiger partial charge in [-0.15, -0.1) is 0 Å². The van der Waals surface area contributed by atoms with E-state index in [0.29, 0.717) is 11.0 Å². The van der Waals surface area contributed by atoms with Crippen LogP contribution in [0.25, 0.3) is 10.2 Å². The molecule has 0 fully saturated rings. The first kappa shape index (κ1) is 19.4. The number of hydrogen-bond donors (Lipinski definition) is 1. The van der Waals surface area contributed by atoms with Crippen LogP contribution in [-0.4, -0.2) is 20.7 Å². The molecule has 144 valence electrons. The van der Waals surface area contributed by atoms with Gasteiger partial charge in [0.1, 0.15) is 0 Å². The summed E-state index contributed by atoms with van der Waals surface area (Å²) in [6.45, 7) is 4.23. The van der Waals surface area contributed by atoms with Crippen LogP contribution in [0.2, 0.25) is 0 Å². The van der Waals surface area contributed by atoms with Crippen molar-refractivity contribution in [1.82, 2.24) is 4.98 Å². The Hall–Kier alpha value is -3.40. The summed E-state index contributed by atoms with van der Waals surface area (Å²) >= 11 is 1.27. The highest BCUT2D eigenvalue weighted by atomic mass is 32.1. The van der Waals surface area contributed by atoms with Gasteiger partial charge in [0, 0.05) is 12.1 Å². The highest BCUT2D eigenvalue weighted by Crippen LogP contribution is 2.30. The molecular weight excluding hydrogens is 384 g/mol. The molecule has 0 spiro atoms. The molecule has 1 atom stereocenters. The van der Waals surface area contributed by atoms with Crippen molar-refractivity contribution in [3.05, 3.63) is 67.8 Å². The molecule has 1 aromatic heterocycles. The minimum Gasteiger partial charge on any atom is -0.298 e. The molecule has 0 radical (unpaired) electrons. The number of nitro benzene ring substituents is 2. The molecule has 3 rings (SSSR count). The van der Waals surface area contributed by atoms with Crippen molar-refractivity contribution >= 4 is 44.0 Å². The molecule has 0 bridgehead atoms. The van der Waals surface area contributed by atoms with Crippen LogP contribution in [-0.2, 0) is 0 Å². The molecule has 2 aromatic carbocycles. The molecular formula is C18H16N4O5S. The maximum Gasteiger partial charge on any atom is 0.277 e. The first-order chi connectivity index (χ1) is 13.3. The number of benzene rings is 2. The number of nitrogens with one attached hydrogen (secondary N) is 1. The van der Waals surface area contributed by atoms with E-state index in [-0.39, 0.29) is 5.56 Å². The Labute approximate surface area is 163 Å². The van der Waals surface area contributed by atoms with Crippen molar-refractivity contribution in [2.45, 2.75) is 26.2 Å². The summed E-state index contributed by atoms with van der Waals surface area (Å²) in [5, 5.41) is 24.8. The zero-order chi connectivity index (χ0) is 20.4. The zero-order valence-corrected chi connectivity index (χ0v) is 15.9. The number of thiazole rings is 1. The van der Waals surface area contributed by atoms with Crippen LogP contribution in [0, 0.1) is 20.2 Å². The molecule has 1 N–H and O–H groups in total. The number of nitrogens with zero attached hydrogens (tertiary/aromatic N) is 3. The fraction of sp³-hybridized carbons (Fsp3) is 0.222. The summed E-state index contributed by atoms with van der Waals surface area (Å²) in [6.07, 6.45) is 0.999. The number of nitro groups is 2. The number of carbonyl (C=O) groups is 1. The predicted octanol–water partition coefficient (Wildman–Crippen LogP) is 4.88. The van der Waals surface area contributed by atoms with Crippen LogP contribution in [0.5, 0.6) is 0 Å². The van der Waals surface area contributed by atoms with Crippen LogP contribution >= 0.6 is 11.3 Å². The number of anilines is 1.